The number of hydrogen-bond acceptors (Lipinski definition) is 6. The average molecular weight is 450 g/mol. The summed E-state index contributed by atoms with van der Waals surface area (Å²) in [5.41, 5.74) is 3.07. The Hall–Kier alpha value is -2.75. The fourth-order valence-corrected chi connectivity index (χ4v) is 4.85. The van der Waals surface area contributed by atoms with Crippen molar-refractivity contribution in [2.75, 3.05) is 6.54 Å². The molecule has 0 spiro atoms. The zero-order valence-corrected chi connectivity index (χ0v) is 17.7. The van der Waals surface area contributed by atoms with E-state index < -0.39 is 27.9 Å². The molecule has 1 atom stereocenters. The molecule has 1 aliphatic rings. The van der Waals surface area contributed by atoms with Gasteiger partial charge in [0.05, 0.1) is 11.1 Å². The van der Waals surface area contributed by atoms with Crippen molar-refractivity contribution >= 4 is 39.7 Å². The van der Waals surface area contributed by atoms with Gasteiger partial charge in [0.2, 0.25) is 10.0 Å². The highest BCUT2D eigenvalue weighted by Crippen LogP contribution is 2.27. The topological polar surface area (TPSA) is 105 Å². The summed E-state index contributed by atoms with van der Waals surface area (Å²) in [7, 11) is -3.82. The number of benzene rings is 2. The van der Waals surface area contributed by atoms with E-state index in [2.05, 4.69) is 10.5 Å². The van der Waals surface area contributed by atoms with Crippen LogP contribution in [0, 0.1) is 0 Å². The van der Waals surface area contributed by atoms with Crippen LogP contribution in [0.4, 0.5) is 0 Å². The lowest BCUT2D eigenvalue weighted by atomic mass is 10.2. The van der Waals surface area contributed by atoms with E-state index in [0.717, 1.165) is 0 Å². The van der Waals surface area contributed by atoms with E-state index in [0.29, 0.717) is 29.2 Å². The summed E-state index contributed by atoms with van der Waals surface area (Å²) in [4.78, 5) is 23.6. The van der Waals surface area contributed by atoms with Crippen LogP contribution in [0.25, 0.3) is 0 Å². The zero-order chi connectivity index (χ0) is 21.7. The van der Waals surface area contributed by atoms with Gasteiger partial charge in [0.15, 0.2) is 0 Å². The van der Waals surface area contributed by atoms with Crippen LogP contribution in [0.15, 0.2) is 58.5 Å². The number of esters is 1. The lowest BCUT2D eigenvalue weighted by molar-refractivity contribution is -0.131. The minimum Gasteiger partial charge on any atom is -0.427 e. The Morgan fingerprint density at radius 3 is 2.47 bits per heavy atom. The molecule has 2 aromatic rings. The highest BCUT2D eigenvalue weighted by Gasteiger charge is 2.39. The summed E-state index contributed by atoms with van der Waals surface area (Å²) < 4.78 is 31.9. The first-order chi connectivity index (χ1) is 14.3. The van der Waals surface area contributed by atoms with Gasteiger partial charge in [-0.3, -0.25) is 9.59 Å². The van der Waals surface area contributed by atoms with Crippen LogP contribution < -0.4 is 10.2 Å². The Morgan fingerprint density at radius 2 is 1.83 bits per heavy atom. The highest BCUT2D eigenvalue weighted by molar-refractivity contribution is 7.89. The summed E-state index contributed by atoms with van der Waals surface area (Å²) in [5, 5.41) is 4.34. The van der Waals surface area contributed by atoms with Crippen molar-refractivity contribution in [1.82, 2.24) is 9.73 Å². The summed E-state index contributed by atoms with van der Waals surface area (Å²) >= 11 is 5.83. The number of sulfonamides is 1. The van der Waals surface area contributed by atoms with Crippen LogP contribution in [-0.4, -0.2) is 43.4 Å². The predicted molar refractivity (Wildman–Crippen MR) is 112 cm³/mol. The molecule has 3 rings (SSSR count). The van der Waals surface area contributed by atoms with Crippen LogP contribution in [0.5, 0.6) is 5.75 Å². The number of halogens is 1. The molecule has 0 bridgehead atoms. The Kier molecular flexibility index (Phi) is 6.86. The van der Waals surface area contributed by atoms with Gasteiger partial charge >= 0.3 is 5.97 Å². The molecule has 0 saturated carbocycles. The maximum Gasteiger partial charge on any atom is 0.308 e. The minimum absolute atomic E-state index is 0.0861. The zero-order valence-electron chi connectivity index (χ0n) is 16.1. The SMILES string of the molecule is CC(=O)Oc1ccc(C=NNC(=O)[C@@H]2CCCN2S(=O)(=O)c2ccc(Cl)cc2)cc1. The summed E-state index contributed by atoms with van der Waals surface area (Å²) in [6, 6.07) is 11.5. The molecular formula is C20H20ClN3O5S. The second-order valence-corrected chi connectivity index (χ2v) is 8.95. The van der Waals surface area contributed by atoms with Gasteiger partial charge in [-0.25, -0.2) is 13.8 Å². The molecule has 1 N–H and O–H groups in total. The highest BCUT2D eigenvalue weighted by atomic mass is 35.5. The van der Waals surface area contributed by atoms with Crippen molar-refractivity contribution in [1.29, 1.82) is 0 Å². The van der Waals surface area contributed by atoms with Gasteiger partial charge in [0, 0.05) is 18.5 Å². The van der Waals surface area contributed by atoms with Crippen LogP contribution in [-0.2, 0) is 19.6 Å². The minimum atomic E-state index is -3.82. The van der Waals surface area contributed by atoms with E-state index in [1.165, 1.54) is 41.7 Å². The van der Waals surface area contributed by atoms with Crippen LogP contribution >= 0.6 is 11.6 Å². The molecule has 1 fully saturated rings. The third-order valence-corrected chi connectivity index (χ3v) is 6.63. The summed E-state index contributed by atoms with van der Waals surface area (Å²) in [6.07, 6.45) is 2.40. The van der Waals surface area contributed by atoms with Crippen molar-refractivity contribution < 1.29 is 22.7 Å². The molecular weight excluding hydrogens is 430 g/mol. The predicted octanol–water partition coefficient (Wildman–Crippen LogP) is 2.57. The second kappa shape index (κ2) is 9.38. The smallest absolute Gasteiger partial charge is 0.308 e. The Bertz CT molecular complexity index is 1050. The number of hydrazone groups is 1. The lowest BCUT2D eigenvalue weighted by Gasteiger charge is -2.22. The normalized spacial score (nSPS) is 17.2. The maximum atomic E-state index is 12.9. The van der Waals surface area contributed by atoms with Crippen molar-refractivity contribution in [2.45, 2.75) is 30.7 Å². The molecule has 2 aromatic carbocycles. The number of amides is 1. The van der Waals surface area contributed by atoms with E-state index >= 15 is 0 Å². The number of nitrogens with zero attached hydrogens (tertiary/aromatic N) is 2. The van der Waals surface area contributed by atoms with Crippen LogP contribution in [0.1, 0.15) is 25.3 Å². The number of rotatable bonds is 6. The van der Waals surface area contributed by atoms with E-state index in [9.17, 15) is 18.0 Å². The number of carbonyl (C=O) groups excluding carboxylic acids is 2. The standard InChI is InChI=1S/C20H20ClN3O5S/c1-14(25)29-17-8-4-15(5-9-17)13-22-23-20(26)19-3-2-12-24(19)30(27,28)18-10-6-16(21)7-11-18/h4-11,13,19H,2-3,12H2,1H3,(H,23,26)/t19-/m0/s1. The molecule has 0 unspecified atom stereocenters. The quantitative estimate of drug-likeness (QED) is 0.316. The molecule has 8 nitrogen and oxygen atoms in total. The van der Waals surface area contributed by atoms with Crippen molar-refractivity contribution in [3.63, 3.8) is 0 Å². The van der Waals surface area contributed by atoms with Gasteiger partial charge in [0.1, 0.15) is 11.8 Å². The summed E-state index contributed by atoms with van der Waals surface area (Å²) in [5.74, 6) is -0.520. The Labute approximate surface area is 179 Å². The van der Waals surface area contributed by atoms with Gasteiger partial charge in [-0.05, 0) is 66.9 Å². The van der Waals surface area contributed by atoms with E-state index in [1.54, 1.807) is 24.3 Å². The van der Waals surface area contributed by atoms with E-state index in [1.807, 2.05) is 0 Å². The molecule has 1 aliphatic heterocycles. The monoisotopic (exact) mass is 449 g/mol. The van der Waals surface area contributed by atoms with Gasteiger partial charge in [-0.1, -0.05) is 11.6 Å². The molecule has 0 aromatic heterocycles. The van der Waals surface area contributed by atoms with Crippen molar-refractivity contribution in [3.05, 3.63) is 59.1 Å². The molecule has 1 saturated heterocycles. The number of ether oxygens (including phenoxy) is 1. The second-order valence-electron chi connectivity index (χ2n) is 6.62. The Morgan fingerprint density at radius 1 is 1.17 bits per heavy atom. The largest absolute Gasteiger partial charge is 0.427 e. The van der Waals surface area contributed by atoms with Crippen molar-refractivity contribution in [3.8, 4) is 5.75 Å². The number of nitrogens with one attached hydrogen (secondary N) is 1. The number of hydrogen-bond donors (Lipinski definition) is 1. The molecule has 10 heteroatoms. The molecule has 0 aliphatic carbocycles. The molecule has 1 heterocycles. The number of carbonyl (C=O) groups is 2. The molecule has 158 valence electrons. The fraction of sp³-hybridized carbons (Fsp3) is 0.250. The van der Waals surface area contributed by atoms with Crippen LogP contribution in [0.2, 0.25) is 5.02 Å². The first-order valence-corrected chi connectivity index (χ1v) is 11.0. The third kappa shape index (κ3) is 5.24. The Balaban J connectivity index is 1.65. The van der Waals surface area contributed by atoms with E-state index in [-0.39, 0.29) is 11.4 Å². The van der Waals surface area contributed by atoms with Crippen LogP contribution in [0.3, 0.4) is 0 Å². The van der Waals surface area contributed by atoms with E-state index in [4.69, 9.17) is 16.3 Å². The van der Waals surface area contributed by atoms with Gasteiger partial charge in [0.25, 0.3) is 5.91 Å². The first kappa shape index (κ1) is 21.9. The third-order valence-electron chi connectivity index (χ3n) is 4.46. The van der Waals surface area contributed by atoms with Gasteiger partial charge in [-0.2, -0.15) is 9.41 Å². The van der Waals surface area contributed by atoms with Gasteiger partial charge in [-0.15, -0.1) is 0 Å². The molecule has 30 heavy (non-hydrogen) atoms. The molecule has 0 radical (unpaired) electrons. The lowest BCUT2D eigenvalue weighted by Crippen LogP contribution is -2.44. The van der Waals surface area contributed by atoms with Crippen molar-refractivity contribution in [2.24, 2.45) is 5.10 Å². The summed E-state index contributed by atoms with van der Waals surface area (Å²) in [6.45, 7) is 1.56. The van der Waals surface area contributed by atoms with Gasteiger partial charge < -0.3 is 4.74 Å². The molecule has 1 amide bonds. The first-order valence-electron chi connectivity index (χ1n) is 9.16. The average Bonchev–Trinajstić information content (AvgIpc) is 3.20. The fourth-order valence-electron chi connectivity index (χ4n) is 3.06. The maximum absolute atomic E-state index is 12.9.